The standard InChI is InChI=1S/C28H34N2O5/c1-6-29-14-7-15-34-24-12-10-21-17-23(28(32)35-26(21)19(24)4)30-27(31)22-11-13-25(33-5)20(16-22)9-8-18(2)3/h8,10-13,16-17,29H,6-7,9,14-15H2,1-5H3,(H,30,31). The van der Waals surface area contributed by atoms with Gasteiger partial charge in [-0.3, -0.25) is 4.79 Å². The monoisotopic (exact) mass is 478 g/mol. The van der Waals surface area contributed by atoms with E-state index in [1.165, 1.54) is 5.57 Å². The number of hydrogen-bond donors (Lipinski definition) is 2. The summed E-state index contributed by atoms with van der Waals surface area (Å²) in [6, 6.07) is 10.5. The van der Waals surface area contributed by atoms with Crippen molar-refractivity contribution in [2.75, 3.05) is 32.1 Å². The summed E-state index contributed by atoms with van der Waals surface area (Å²) >= 11 is 0. The molecular weight excluding hydrogens is 444 g/mol. The molecule has 7 nitrogen and oxygen atoms in total. The second-order valence-electron chi connectivity index (χ2n) is 8.58. The van der Waals surface area contributed by atoms with Crippen LogP contribution in [0, 0.1) is 6.92 Å². The maximum Gasteiger partial charge on any atom is 0.360 e. The smallest absolute Gasteiger partial charge is 0.360 e. The Morgan fingerprint density at radius 3 is 2.60 bits per heavy atom. The summed E-state index contributed by atoms with van der Waals surface area (Å²) in [5.41, 5.74) is 3.17. The molecule has 0 radical (unpaired) electrons. The highest BCUT2D eigenvalue weighted by molar-refractivity contribution is 6.05. The summed E-state index contributed by atoms with van der Waals surface area (Å²) < 4.78 is 16.9. The molecule has 0 atom stereocenters. The molecule has 1 aromatic heterocycles. The highest BCUT2D eigenvalue weighted by Gasteiger charge is 2.15. The van der Waals surface area contributed by atoms with Crippen molar-refractivity contribution in [3.63, 3.8) is 0 Å². The molecule has 2 N–H and O–H groups in total. The van der Waals surface area contributed by atoms with Crippen molar-refractivity contribution in [1.29, 1.82) is 0 Å². The van der Waals surface area contributed by atoms with Gasteiger partial charge in [0.2, 0.25) is 0 Å². The van der Waals surface area contributed by atoms with Gasteiger partial charge in [0, 0.05) is 16.5 Å². The van der Waals surface area contributed by atoms with E-state index in [4.69, 9.17) is 13.9 Å². The van der Waals surface area contributed by atoms with Crippen molar-refractivity contribution in [3.05, 3.63) is 75.2 Å². The third-order valence-electron chi connectivity index (χ3n) is 5.63. The summed E-state index contributed by atoms with van der Waals surface area (Å²) in [5, 5.41) is 6.66. The fraction of sp³-hybridized carbons (Fsp3) is 0.357. The van der Waals surface area contributed by atoms with Gasteiger partial charge >= 0.3 is 5.63 Å². The van der Waals surface area contributed by atoms with Crippen LogP contribution in [0.25, 0.3) is 11.0 Å². The molecule has 0 aliphatic carbocycles. The van der Waals surface area contributed by atoms with Gasteiger partial charge in [0.15, 0.2) is 0 Å². The first-order valence-electron chi connectivity index (χ1n) is 11.9. The number of aryl methyl sites for hydroxylation is 1. The molecule has 1 amide bonds. The Labute approximate surface area is 206 Å². The average Bonchev–Trinajstić information content (AvgIpc) is 2.84. The summed E-state index contributed by atoms with van der Waals surface area (Å²) in [6.07, 6.45) is 3.59. The SMILES string of the molecule is CCNCCCOc1ccc2cc(NC(=O)c3ccc(OC)c(CC=C(C)C)c3)c(=O)oc2c1C. The molecule has 35 heavy (non-hydrogen) atoms. The minimum Gasteiger partial charge on any atom is -0.496 e. The lowest BCUT2D eigenvalue weighted by atomic mass is 10.0. The first-order chi connectivity index (χ1) is 16.8. The number of ether oxygens (including phenoxy) is 2. The van der Waals surface area contributed by atoms with Crippen LogP contribution in [-0.2, 0) is 6.42 Å². The van der Waals surface area contributed by atoms with Crippen LogP contribution in [0.5, 0.6) is 11.5 Å². The number of amides is 1. The van der Waals surface area contributed by atoms with Crippen LogP contribution in [0.1, 0.15) is 48.7 Å². The van der Waals surface area contributed by atoms with Crippen molar-refractivity contribution in [2.45, 2.75) is 40.5 Å². The topological polar surface area (TPSA) is 89.8 Å². The lowest BCUT2D eigenvalue weighted by Gasteiger charge is -2.12. The number of nitrogens with one attached hydrogen (secondary N) is 2. The zero-order valence-electron chi connectivity index (χ0n) is 21.1. The molecule has 0 unspecified atom stereocenters. The van der Waals surface area contributed by atoms with E-state index in [-0.39, 0.29) is 5.69 Å². The van der Waals surface area contributed by atoms with E-state index in [9.17, 15) is 9.59 Å². The van der Waals surface area contributed by atoms with Gasteiger partial charge in [-0.05, 0) is 88.7 Å². The summed E-state index contributed by atoms with van der Waals surface area (Å²) in [4.78, 5) is 25.6. The molecule has 0 aliphatic heterocycles. The zero-order valence-corrected chi connectivity index (χ0v) is 21.1. The van der Waals surface area contributed by atoms with Crippen LogP contribution in [-0.4, -0.2) is 32.7 Å². The second-order valence-corrected chi connectivity index (χ2v) is 8.58. The Bertz CT molecular complexity index is 1270. The van der Waals surface area contributed by atoms with Crippen molar-refractivity contribution >= 4 is 22.6 Å². The molecule has 2 aromatic carbocycles. The quantitative estimate of drug-likeness (QED) is 0.222. The molecular formula is C28H34N2O5. The van der Waals surface area contributed by atoms with Crippen molar-refractivity contribution < 1.29 is 18.7 Å². The maximum atomic E-state index is 12.9. The number of anilines is 1. The minimum absolute atomic E-state index is 0.0860. The van der Waals surface area contributed by atoms with Crippen molar-refractivity contribution in [2.24, 2.45) is 0 Å². The number of hydrogen-bond acceptors (Lipinski definition) is 6. The molecule has 0 spiro atoms. The van der Waals surface area contributed by atoms with Crippen LogP contribution in [0.15, 0.2) is 57.3 Å². The predicted molar refractivity (Wildman–Crippen MR) is 140 cm³/mol. The Kier molecular flexibility index (Phi) is 9.09. The fourth-order valence-electron chi connectivity index (χ4n) is 3.69. The third-order valence-corrected chi connectivity index (χ3v) is 5.63. The Hall–Kier alpha value is -3.58. The zero-order chi connectivity index (χ0) is 25.4. The lowest BCUT2D eigenvalue weighted by Crippen LogP contribution is -2.18. The van der Waals surface area contributed by atoms with Crippen LogP contribution in [0.4, 0.5) is 5.69 Å². The van der Waals surface area contributed by atoms with E-state index in [0.717, 1.165) is 30.6 Å². The molecule has 1 heterocycles. The number of fused-ring (bicyclic) bond motifs is 1. The first kappa shape index (κ1) is 26.0. The number of carbonyl (C=O) groups excluding carboxylic acids is 1. The molecule has 0 saturated heterocycles. The predicted octanol–water partition coefficient (Wildman–Crippen LogP) is 5.25. The summed E-state index contributed by atoms with van der Waals surface area (Å²) in [7, 11) is 1.60. The molecule has 0 saturated carbocycles. The van der Waals surface area contributed by atoms with Crippen LogP contribution < -0.4 is 25.7 Å². The highest BCUT2D eigenvalue weighted by Crippen LogP contribution is 2.28. The molecule has 186 valence electrons. The number of rotatable bonds is 11. The average molecular weight is 479 g/mol. The normalized spacial score (nSPS) is 10.8. The van der Waals surface area contributed by atoms with Crippen LogP contribution in [0.2, 0.25) is 0 Å². The van der Waals surface area contributed by atoms with Crippen molar-refractivity contribution in [1.82, 2.24) is 5.32 Å². The second kappa shape index (κ2) is 12.2. The van der Waals surface area contributed by atoms with Gasteiger partial charge in [-0.1, -0.05) is 18.6 Å². The molecule has 0 fully saturated rings. The molecule has 0 bridgehead atoms. The Balaban J connectivity index is 1.80. The van der Waals surface area contributed by atoms with E-state index in [0.29, 0.717) is 41.1 Å². The maximum absolute atomic E-state index is 12.9. The van der Waals surface area contributed by atoms with Gasteiger partial charge in [-0.25, -0.2) is 4.79 Å². The third kappa shape index (κ3) is 6.73. The van der Waals surface area contributed by atoms with E-state index >= 15 is 0 Å². The molecule has 0 aliphatic rings. The van der Waals surface area contributed by atoms with E-state index < -0.39 is 11.5 Å². The van der Waals surface area contributed by atoms with E-state index in [1.807, 2.05) is 32.9 Å². The van der Waals surface area contributed by atoms with Gasteiger partial charge in [0.1, 0.15) is 22.8 Å². The number of methoxy groups -OCH3 is 1. The van der Waals surface area contributed by atoms with E-state index in [2.05, 4.69) is 23.6 Å². The number of benzene rings is 2. The number of carbonyl (C=O) groups is 1. The van der Waals surface area contributed by atoms with Crippen LogP contribution in [0.3, 0.4) is 0 Å². The molecule has 3 rings (SSSR count). The summed E-state index contributed by atoms with van der Waals surface area (Å²) in [6.45, 7) is 10.3. The highest BCUT2D eigenvalue weighted by atomic mass is 16.5. The molecule has 7 heteroatoms. The number of allylic oxidation sites excluding steroid dienone is 2. The fourth-order valence-corrected chi connectivity index (χ4v) is 3.69. The van der Waals surface area contributed by atoms with Gasteiger partial charge in [0.05, 0.1) is 13.7 Å². The van der Waals surface area contributed by atoms with Crippen LogP contribution >= 0.6 is 0 Å². The Morgan fingerprint density at radius 2 is 1.89 bits per heavy atom. The van der Waals surface area contributed by atoms with Gasteiger partial charge < -0.3 is 24.5 Å². The first-order valence-corrected chi connectivity index (χ1v) is 11.9. The van der Waals surface area contributed by atoms with Gasteiger partial charge in [0.25, 0.3) is 5.91 Å². The van der Waals surface area contributed by atoms with E-state index in [1.54, 1.807) is 31.4 Å². The van der Waals surface area contributed by atoms with Gasteiger partial charge in [-0.2, -0.15) is 0 Å². The van der Waals surface area contributed by atoms with Gasteiger partial charge in [-0.15, -0.1) is 0 Å². The summed E-state index contributed by atoms with van der Waals surface area (Å²) in [5.74, 6) is 0.991. The van der Waals surface area contributed by atoms with Crippen molar-refractivity contribution in [3.8, 4) is 11.5 Å². The lowest BCUT2D eigenvalue weighted by molar-refractivity contribution is 0.102. The molecule has 3 aromatic rings. The minimum atomic E-state index is -0.614. The Morgan fingerprint density at radius 1 is 1.11 bits per heavy atom. The largest absolute Gasteiger partial charge is 0.496 e.